The average molecular weight is 215 g/mol. The molecule has 0 aliphatic heterocycles. The first-order valence-electron chi connectivity index (χ1n) is 5.41. The Morgan fingerprint density at radius 3 is 3.00 bits per heavy atom. The molecule has 3 rings (SSSR count). The lowest BCUT2D eigenvalue weighted by Crippen LogP contribution is -2.02. The molecule has 4 heteroatoms. The zero-order valence-corrected chi connectivity index (χ0v) is 9.10. The Hall–Kier alpha value is -1.84. The lowest BCUT2D eigenvalue weighted by molar-refractivity contribution is 0.400. The van der Waals surface area contributed by atoms with Crippen LogP contribution in [0.25, 0.3) is 5.52 Å². The van der Waals surface area contributed by atoms with E-state index in [1.807, 2.05) is 24.4 Å². The average Bonchev–Trinajstić information content (AvgIpc) is 3.09. The number of aromatic nitrogens is 2. The monoisotopic (exact) mass is 215 g/mol. The zero-order chi connectivity index (χ0) is 11.1. The molecule has 82 valence electrons. The second-order valence-electron chi connectivity index (χ2n) is 4.08. The molecule has 1 aliphatic carbocycles. The number of pyridine rings is 1. The van der Waals surface area contributed by atoms with Crippen LogP contribution in [0.5, 0.6) is 0 Å². The van der Waals surface area contributed by atoms with Crippen LogP contribution in [0.3, 0.4) is 0 Å². The lowest BCUT2D eigenvalue weighted by Gasteiger charge is -1.98. The van der Waals surface area contributed by atoms with E-state index in [2.05, 4.69) is 9.38 Å². The minimum Gasteiger partial charge on any atom is -0.480 e. The zero-order valence-electron chi connectivity index (χ0n) is 9.10. The molecule has 2 heterocycles. The topological polar surface area (TPSA) is 50.4 Å². The van der Waals surface area contributed by atoms with E-state index in [4.69, 9.17) is 10.1 Å². The molecule has 0 aromatic carbocycles. The van der Waals surface area contributed by atoms with Gasteiger partial charge in [0.1, 0.15) is 5.82 Å². The molecule has 0 saturated heterocycles. The van der Waals surface area contributed by atoms with Crippen LogP contribution in [0.4, 0.5) is 0 Å². The van der Waals surface area contributed by atoms with Crippen molar-refractivity contribution >= 4 is 11.4 Å². The molecule has 0 amide bonds. The largest absolute Gasteiger partial charge is 0.480 e. The van der Waals surface area contributed by atoms with E-state index in [1.165, 1.54) is 20.0 Å². The fraction of sp³-hybridized carbons (Fsp3) is 0.333. The highest BCUT2D eigenvalue weighted by Gasteiger charge is 2.29. The first-order valence-corrected chi connectivity index (χ1v) is 5.41. The fourth-order valence-corrected chi connectivity index (χ4v) is 1.95. The van der Waals surface area contributed by atoms with Crippen LogP contribution in [0.15, 0.2) is 24.4 Å². The molecule has 2 aromatic heterocycles. The molecule has 1 saturated carbocycles. The Balaban J connectivity index is 2.24. The Kier molecular flexibility index (Phi) is 1.96. The van der Waals surface area contributed by atoms with Crippen molar-refractivity contribution in [2.75, 3.05) is 7.11 Å². The van der Waals surface area contributed by atoms with Crippen LogP contribution >= 0.6 is 0 Å². The van der Waals surface area contributed by atoms with Crippen LogP contribution in [0, 0.1) is 5.41 Å². The second-order valence-corrected chi connectivity index (χ2v) is 4.08. The first kappa shape index (κ1) is 9.39. The van der Waals surface area contributed by atoms with Crippen molar-refractivity contribution in [2.45, 2.75) is 18.8 Å². The van der Waals surface area contributed by atoms with Gasteiger partial charge in [0, 0.05) is 12.1 Å². The summed E-state index contributed by atoms with van der Waals surface area (Å²) >= 11 is 0. The van der Waals surface area contributed by atoms with Crippen LogP contribution in [-0.2, 0) is 4.74 Å². The highest BCUT2D eigenvalue weighted by atomic mass is 16.5. The molecule has 1 N–H and O–H groups in total. The van der Waals surface area contributed by atoms with E-state index in [0.29, 0.717) is 11.6 Å². The number of hydrogen-bond acceptors (Lipinski definition) is 3. The summed E-state index contributed by atoms with van der Waals surface area (Å²) in [5.74, 6) is 1.76. The maximum Gasteiger partial charge on any atom is 0.234 e. The Morgan fingerprint density at radius 1 is 1.50 bits per heavy atom. The summed E-state index contributed by atoms with van der Waals surface area (Å²) in [5.41, 5.74) is 1.60. The van der Waals surface area contributed by atoms with Gasteiger partial charge in [-0.1, -0.05) is 6.07 Å². The molecular weight excluding hydrogens is 202 g/mol. The molecule has 1 aliphatic rings. The van der Waals surface area contributed by atoms with E-state index in [-0.39, 0.29) is 5.90 Å². The number of ether oxygens (including phenoxy) is 1. The third kappa shape index (κ3) is 1.30. The van der Waals surface area contributed by atoms with E-state index >= 15 is 0 Å². The van der Waals surface area contributed by atoms with Gasteiger partial charge in [-0.3, -0.25) is 5.41 Å². The third-order valence-electron chi connectivity index (χ3n) is 2.94. The predicted octanol–water partition coefficient (Wildman–Crippen LogP) is 2.18. The van der Waals surface area contributed by atoms with Crippen molar-refractivity contribution in [1.29, 1.82) is 5.41 Å². The van der Waals surface area contributed by atoms with Gasteiger partial charge in [0.05, 0.1) is 12.6 Å². The normalized spacial score (nSPS) is 15.3. The molecule has 0 bridgehead atoms. The van der Waals surface area contributed by atoms with E-state index in [1.54, 1.807) is 0 Å². The maximum absolute atomic E-state index is 7.74. The summed E-state index contributed by atoms with van der Waals surface area (Å²) in [6, 6.07) is 5.92. The fourth-order valence-electron chi connectivity index (χ4n) is 1.95. The molecule has 16 heavy (non-hydrogen) atoms. The number of nitrogens with zero attached hydrogens (tertiary/aromatic N) is 2. The van der Waals surface area contributed by atoms with Crippen molar-refractivity contribution in [3.8, 4) is 0 Å². The van der Waals surface area contributed by atoms with Crippen molar-refractivity contribution < 1.29 is 4.74 Å². The molecule has 0 unspecified atom stereocenters. The summed E-state index contributed by atoms with van der Waals surface area (Å²) in [5, 5.41) is 7.74. The van der Waals surface area contributed by atoms with Crippen LogP contribution < -0.4 is 0 Å². The number of methoxy groups -OCH3 is 1. The van der Waals surface area contributed by atoms with Crippen LogP contribution in [-0.4, -0.2) is 22.4 Å². The van der Waals surface area contributed by atoms with Crippen LogP contribution in [0.2, 0.25) is 0 Å². The molecule has 1 fully saturated rings. The van der Waals surface area contributed by atoms with E-state index in [0.717, 1.165) is 11.3 Å². The number of fused-ring (bicyclic) bond motifs is 1. The minimum absolute atomic E-state index is 0.135. The predicted molar refractivity (Wildman–Crippen MR) is 61.0 cm³/mol. The SMILES string of the molecule is COC(=N)c1nc(C2CC2)n2ccccc12. The Bertz CT molecular complexity index is 554. The van der Waals surface area contributed by atoms with Gasteiger partial charge in [0.15, 0.2) is 5.69 Å². The smallest absolute Gasteiger partial charge is 0.234 e. The van der Waals surface area contributed by atoms with Gasteiger partial charge < -0.3 is 9.14 Å². The van der Waals surface area contributed by atoms with Gasteiger partial charge in [0.25, 0.3) is 0 Å². The van der Waals surface area contributed by atoms with E-state index < -0.39 is 0 Å². The number of rotatable bonds is 2. The van der Waals surface area contributed by atoms with Gasteiger partial charge in [0.2, 0.25) is 5.90 Å². The first-order chi connectivity index (χ1) is 7.81. The van der Waals surface area contributed by atoms with Crippen molar-refractivity contribution in [2.24, 2.45) is 0 Å². The summed E-state index contributed by atoms with van der Waals surface area (Å²) in [4.78, 5) is 4.54. The maximum atomic E-state index is 7.74. The molecule has 0 spiro atoms. The Morgan fingerprint density at radius 2 is 2.31 bits per heavy atom. The summed E-state index contributed by atoms with van der Waals surface area (Å²) in [6.07, 6.45) is 4.41. The standard InChI is InChI=1S/C12H13N3O/c1-16-11(13)10-9-4-2-3-7-15(9)12(14-10)8-5-6-8/h2-4,7-8,13H,5-6H2,1H3. The molecular formula is C12H13N3O. The molecule has 4 nitrogen and oxygen atoms in total. The second kappa shape index (κ2) is 3.33. The van der Waals surface area contributed by atoms with Gasteiger partial charge in [-0.05, 0) is 25.0 Å². The van der Waals surface area contributed by atoms with Crippen molar-refractivity contribution in [1.82, 2.24) is 9.38 Å². The van der Waals surface area contributed by atoms with Crippen molar-refractivity contribution in [3.05, 3.63) is 35.9 Å². The number of nitrogens with one attached hydrogen (secondary N) is 1. The van der Waals surface area contributed by atoms with Gasteiger partial charge in [-0.2, -0.15) is 0 Å². The highest BCUT2D eigenvalue weighted by molar-refractivity contribution is 5.96. The lowest BCUT2D eigenvalue weighted by atomic mass is 10.3. The molecule has 0 radical (unpaired) electrons. The molecule has 2 aromatic rings. The van der Waals surface area contributed by atoms with Crippen molar-refractivity contribution in [3.63, 3.8) is 0 Å². The minimum atomic E-state index is 0.135. The van der Waals surface area contributed by atoms with E-state index in [9.17, 15) is 0 Å². The quantitative estimate of drug-likeness (QED) is 0.616. The van der Waals surface area contributed by atoms with Gasteiger partial charge in [-0.15, -0.1) is 0 Å². The van der Waals surface area contributed by atoms with Gasteiger partial charge in [-0.25, -0.2) is 4.98 Å². The number of imidazole rings is 1. The molecule has 0 atom stereocenters. The summed E-state index contributed by atoms with van der Waals surface area (Å²) < 4.78 is 7.04. The number of hydrogen-bond donors (Lipinski definition) is 1. The summed E-state index contributed by atoms with van der Waals surface area (Å²) in [7, 11) is 1.51. The Labute approximate surface area is 93.4 Å². The van der Waals surface area contributed by atoms with Crippen LogP contribution in [0.1, 0.15) is 30.3 Å². The third-order valence-corrected chi connectivity index (χ3v) is 2.94. The summed E-state index contributed by atoms with van der Waals surface area (Å²) in [6.45, 7) is 0. The van der Waals surface area contributed by atoms with Gasteiger partial charge >= 0.3 is 0 Å². The highest BCUT2D eigenvalue weighted by Crippen LogP contribution is 2.39.